The van der Waals surface area contributed by atoms with Crippen molar-refractivity contribution in [2.45, 2.75) is 116 Å². The zero-order valence-corrected chi connectivity index (χ0v) is 21.0. The van der Waals surface area contributed by atoms with Crippen LogP contribution in [0.25, 0.3) is 0 Å². The number of aromatic hydroxyl groups is 1. The molecular weight excluding hydrogens is 412 g/mol. The number of rotatable bonds is 20. The van der Waals surface area contributed by atoms with Gasteiger partial charge in [-0.05, 0) is 37.0 Å². The van der Waals surface area contributed by atoms with E-state index in [0.29, 0.717) is 13.1 Å². The molecular formula is C28H48N2O3. The maximum Gasteiger partial charge on any atom is 0.311 e. The summed E-state index contributed by atoms with van der Waals surface area (Å²) in [7, 11) is 0. The summed E-state index contributed by atoms with van der Waals surface area (Å²) in [5.74, 6) is -1.20. The first-order chi connectivity index (χ1) is 16.0. The molecule has 5 heteroatoms. The van der Waals surface area contributed by atoms with Crippen molar-refractivity contribution in [2.75, 3.05) is 13.1 Å². The third kappa shape index (κ3) is 15.4. The zero-order chi connectivity index (χ0) is 24.2. The summed E-state index contributed by atoms with van der Waals surface area (Å²) in [4.78, 5) is 25.1. The topological polar surface area (TPSA) is 83.6 Å². The summed E-state index contributed by atoms with van der Waals surface area (Å²) >= 11 is 0. The van der Waals surface area contributed by atoms with E-state index in [1.807, 2.05) is 12.1 Å². The van der Waals surface area contributed by atoms with Crippen LogP contribution in [0.3, 0.4) is 0 Å². The second kappa shape index (κ2) is 19.4. The lowest BCUT2D eigenvalue weighted by atomic mass is 10.0. The molecule has 188 valence electrons. The van der Waals surface area contributed by atoms with Gasteiger partial charge in [0.25, 0.3) is 0 Å². The third-order valence-electron chi connectivity index (χ3n) is 6.36. The number of aryl methyl sites for hydroxylation is 1. The summed E-state index contributed by atoms with van der Waals surface area (Å²) in [6, 6.07) is 7.09. The number of nitrogens with two attached hydrogens (primary N) is 1. The molecule has 0 aliphatic carbocycles. The number of hydrogen-bond donors (Lipinski definition) is 2. The van der Waals surface area contributed by atoms with Crippen molar-refractivity contribution in [1.82, 2.24) is 4.90 Å². The molecule has 33 heavy (non-hydrogen) atoms. The molecule has 5 nitrogen and oxygen atoms in total. The van der Waals surface area contributed by atoms with Gasteiger partial charge in [0.2, 0.25) is 0 Å². The molecule has 0 aliphatic rings. The Morgan fingerprint density at radius 3 is 1.58 bits per heavy atom. The Hall–Kier alpha value is -2.04. The second-order valence-electron chi connectivity index (χ2n) is 9.38. The Bertz CT molecular complexity index is 631. The molecule has 2 amide bonds. The van der Waals surface area contributed by atoms with E-state index >= 15 is 0 Å². The highest BCUT2D eigenvalue weighted by Gasteiger charge is 2.18. The Morgan fingerprint density at radius 1 is 0.697 bits per heavy atom. The van der Waals surface area contributed by atoms with Gasteiger partial charge in [-0.25, -0.2) is 0 Å². The number of phenolic OH excluding ortho intramolecular Hbond substituents is 1. The van der Waals surface area contributed by atoms with Gasteiger partial charge in [0.1, 0.15) is 5.75 Å². The number of nitrogens with zero attached hydrogens (tertiary/aromatic N) is 1. The third-order valence-corrected chi connectivity index (χ3v) is 6.36. The Balaban J connectivity index is 2.05. The van der Waals surface area contributed by atoms with E-state index in [0.717, 1.165) is 31.2 Å². The van der Waals surface area contributed by atoms with Crippen LogP contribution in [0.5, 0.6) is 5.75 Å². The molecule has 0 unspecified atom stereocenters. The highest BCUT2D eigenvalue weighted by atomic mass is 16.3. The molecule has 0 spiro atoms. The van der Waals surface area contributed by atoms with E-state index in [2.05, 4.69) is 6.92 Å². The molecule has 1 rings (SSSR count). The standard InChI is InChI=1S/C28H48N2O3/c1-2-3-4-5-6-7-8-9-10-11-12-13-14-15-16-23-30(28(33)27(29)32)24-17-18-25-19-21-26(31)22-20-25/h19-22,31H,2-18,23-24H2,1H3,(H2,29,32). The quantitative estimate of drug-likeness (QED) is 0.172. The minimum Gasteiger partial charge on any atom is -0.508 e. The first-order valence-corrected chi connectivity index (χ1v) is 13.4. The average molecular weight is 461 g/mol. The predicted molar refractivity (Wildman–Crippen MR) is 137 cm³/mol. The highest BCUT2D eigenvalue weighted by Crippen LogP contribution is 2.14. The van der Waals surface area contributed by atoms with E-state index in [9.17, 15) is 14.7 Å². The van der Waals surface area contributed by atoms with Gasteiger partial charge in [-0.15, -0.1) is 0 Å². The van der Waals surface area contributed by atoms with Crippen molar-refractivity contribution in [3.8, 4) is 5.75 Å². The number of carbonyl (C=O) groups is 2. The van der Waals surface area contributed by atoms with Crippen molar-refractivity contribution < 1.29 is 14.7 Å². The molecule has 1 aromatic carbocycles. The van der Waals surface area contributed by atoms with Crippen molar-refractivity contribution >= 4 is 11.8 Å². The smallest absolute Gasteiger partial charge is 0.311 e. The summed E-state index contributed by atoms with van der Waals surface area (Å²) < 4.78 is 0. The van der Waals surface area contributed by atoms with Gasteiger partial charge in [-0.1, -0.05) is 109 Å². The van der Waals surface area contributed by atoms with Crippen LogP contribution in [0.15, 0.2) is 24.3 Å². The number of unbranched alkanes of at least 4 members (excludes halogenated alkanes) is 14. The zero-order valence-electron chi connectivity index (χ0n) is 21.0. The van der Waals surface area contributed by atoms with Crippen molar-refractivity contribution in [3.05, 3.63) is 29.8 Å². The molecule has 0 atom stereocenters. The summed E-state index contributed by atoms with van der Waals surface area (Å²) in [6.45, 7) is 3.39. The Labute approximate surface area is 202 Å². The first kappa shape index (κ1) is 29.0. The highest BCUT2D eigenvalue weighted by molar-refractivity contribution is 6.34. The monoisotopic (exact) mass is 460 g/mol. The second-order valence-corrected chi connectivity index (χ2v) is 9.38. The molecule has 0 bridgehead atoms. The van der Waals surface area contributed by atoms with Gasteiger partial charge in [0.15, 0.2) is 0 Å². The maximum absolute atomic E-state index is 12.1. The van der Waals surface area contributed by atoms with E-state index in [1.165, 1.54) is 83.5 Å². The van der Waals surface area contributed by atoms with Crippen LogP contribution < -0.4 is 5.73 Å². The normalized spacial score (nSPS) is 10.9. The number of benzene rings is 1. The number of hydrogen-bond acceptors (Lipinski definition) is 3. The maximum atomic E-state index is 12.1. The molecule has 0 saturated heterocycles. The van der Waals surface area contributed by atoms with Gasteiger partial charge in [0, 0.05) is 13.1 Å². The fraction of sp³-hybridized carbons (Fsp3) is 0.714. The van der Waals surface area contributed by atoms with Crippen LogP contribution in [-0.4, -0.2) is 34.9 Å². The lowest BCUT2D eigenvalue weighted by Crippen LogP contribution is -2.41. The van der Waals surface area contributed by atoms with Gasteiger partial charge in [-0.3, -0.25) is 9.59 Å². The average Bonchev–Trinajstić information content (AvgIpc) is 2.81. The van der Waals surface area contributed by atoms with Crippen molar-refractivity contribution in [2.24, 2.45) is 5.73 Å². The van der Waals surface area contributed by atoms with E-state index in [-0.39, 0.29) is 5.75 Å². The Morgan fingerprint density at radius 2 is 1.12 bits per heavy atom. The fourth-order valence-electron chi connectivity index (χ4n) is 4.28. The van der Waals surface area contributed by atoms with Crippen LogP contribution in [0.4, 0.5) is 0 Å². The number of amides is 2. The van der Waals surface area contributed by atoms with Gasteiger partial charge < -0.3 is 15.7 Å². The lowest BCUT2D eigenvalue weighted by molar-refractivity contribution is -0.144. The number of phenols is 1. The molecule has 1 aromatic rings. The largest absolute Gasteiger partial charge is 0.508 e. The van der Waals surface area contributed by atoms with Gasteiger partial charge >= 0.3 is 11.8 Å². The molecule has 0 aliphatic heterocycles. The van der Waals surface area contributed by atoms with E-state index < -0.39 is 11.8 Å². The number of carbonyl (C=O) groups excluding carboxylic acids is 2. The first-order valence-electron chi connectivity index (χ1n) is 13.4. The van der Waals surface area contributed by atoms with Crippen molar-refractivity contribution in [3.63, 3.8) is 0 Å². The number of primary amides is 1. The van der Waals surface area contributed by atoms with Gasteiger partial charge in [0.05, 0.1) is 0 Å². The van der Waals surface area contributed by atoms with E-state index in [1.54, 1.807) is 17.0 Å². The van der Waals surface area contributed by atoms with Crippen LogP contribution in [-0.2, 0) is 16.0 Å². The SMILES string of the molecule is CCCCCCCCCCCCCCCCCN(CCCc1ccc(O)cc1)C(=O)C(N)=O. The molecule has 0 saturated carbocycles. The predicted octanol–water partition coefficient (Wildman–Crippen LogP) is 6.51. The van der Waals surface area contributed by atoms with Crippen LogP contribution in [0.1, 0.15) is 115 Å². The van der Waals surface area contributed by atoms with E-state index in [4.69, 9.17) is 5.73 Å². The molecule has 0 fully saturated rings. The lowest BCUT2D eigenvalue weighted by Gasteiger charge is -2.21. The van der Waals surface area contributed by atoms with Crippen LogP contribution >= 0.6 is 0 Å². The molecule has 3 N–H and O–H groups in total. The summed E-state index contributed by atoms with van der Waals surface area (Å²) in [5.41, 5.74) is 6.34. The fourth-order valence-corrected chi connectivity index (χ4v) is 4.28. The Kier molecular flexibility index (Phi) is 17.1. The summed E-state index contributed by atoms with van der Waals surface area (Å²) in [5, 5.41) is 9.36. The minimum atomic E-state index is -0.874. The van der Waals surface area contributed by atoms with Crippen LogP contribution in [0.2, 0.25) is 0 Å². The molecule has 0 aromatic heterocycles. The van der Waals surface area contributed by atoms with Gasteiger partial charge in [-0.2, -0.15) is 0 Å². The van der Waals surface area contributed by atoms with Crippen molar-refractivity contribution in [1.29, 1.82) is 0 Å². The van der Waals surface area contributed by atoms with Crippen LogP contribution in [0, 0.1) is 0 Å². The minimum absolute atomic E-state index is 0.248. The molecule has 0 heterocycles. The molecule has 0 radical (unpaired) electrons. The summed E-state index contributed by atoms with van der Waals surface area (Å²) in [6.07, 6.45) is 21.1.